The van der Waals surface area contributed by atoms with E-state index in [1.165, 1.54) is 6.07 Å². The second kappa shape index (κ2) is 9.45. The van der Waals surface area contributed by atoms with E-state index in [2.05, 4.69) is 25.9 Å². The van der Waals surface area contributed by atoms with Crippen LogP contribution in [-0.4, -0.2) is 37.0 Å². The van der Waals surface area contributed by atoms with Crippen LogP contribution in [0, 0.1) is 13.8 Å². The van der Waals surface area contributed by atoms with Gasteiger partial charge in [0.2, 0.25) is 5.89 Å². The molecule has 0 radical (unpaired) electrons. The predicted molar refractivity (Wildman–Crippen MR) is 103 cm³/mol. The Kier molecular flexibility index (Phi) is 7.29. The number of benzene rings is 1. The average molecular weight is 398 g/mol. The molecule has 7 nitrogen and oxygen atoms in total. The number of oxazole rings is 1. The molecule has 26 heavy (non-hydrogen) atoms. The number of rotatable bonds is 6. The van der Waals surface area contributed by atoms with Crippen molar-refractivity contribution in [3.05, 3.63) is 51.2 Å². The number of aromatic nitrogens is 1. The molecule has 1 aromatic heterocycles. The molecule has 3 N–H and O–H groups in total. The van der Waals surface area contributed by atoms with Crippen molar-refractivity contribution in [2.24, 2.45) is 4.99 Å². The van der Waals surface area contributed by atoms with Gasteiger partial charge in [0.05, 0.1) is 22.3 Å². The SMILES string of the molecule is CN=C(NCCNC(=O)c1ccc(Cl)c(Cl)c1)NCc1nc(C)c(C)o1. The Labute approximate surface area is 162 Å². The van der Waals surface area contributed by atoms with Gasteiger partial charge in [-0.15, -0.1) is 0 Å². The second-order valence-electron chi connectivity index (χ2n) is 5.49. The van der Waals surface area contributed by atoms with E-state index < -0.39 is 0 Å². The first-order chi connectivity index (χ1) is 12.4. The van der Waals surface area contributed by atoms with E-state index in [0.717, 1.165) is 11.5 Å². The minimum Gasteiger partial charge on any atom is -0.444 e. The molecule has 0 aliphatic heterocycles. The molecule has 1 aromatic carbocycles. The Balaban J connectivity index is 1.73. The maximum atomic E-state index is 12.1. The van der Waals surface area contributed by atoms with Gasteiger partial charge in [-0.25, -0.2) is 4.98 Å². The lowest BCUT2D eigenvalue weighted by Gasteiger charge is -2.11. The van der Waals surface area contributed by atoms with Crippen LogP contribution in [0.25, 0.3) is 0 Å². The van der Waals surface area contributed by atoms with E-state index >= 15 is 0 Å². The maximum absolute atomic E-state index is 12.1. The standard InChI is InChI=1S/C17H21Cl2N5O2/c1-10-11(2)26-15(24-10)9-23-17(20-3)22-7-6-21-16(25)12-4-5-13(18)14(19)8-12/h4-5,8H,6-7,9H2,1-3H3,(H,21,25)(H2,20,22,23). The summed E-state index contributed by atoms with van der Waals surface area (Å²) in [5.74, 6) is 1.76. The number of carbonyl (C=O) groups excluding carboxylic acids is 1. The van der Waals surface area contributed by atoms with Gasteiger partial charge in [0.1, 0.15) is 5.76 Å². The number of nitrogens with one attached hydrogen (secondary N) is 3. The molecular formula is C17H21Cl2N5O2. The molecule has 0 atom stereocenters. The third kappa shape index (κ3) is 5.64. The van der Waals surface area contributed by atoms with Crippen LogP contribution in [0.15, 0.2) is 27.6 Å². The third-order valence-corrected chi connectivity index (χ3v) is 4.33. The number of carbonyl (C=O) groups is 1. The summed E-state index contributed by atoms with van der Waals surface area (Å²) in [7, 11) is 1.66. The van der Waals surface area contributed by atoms with Crippen molar-refractivity contribution >= 4 is 35.1 Å². The predicted octanol–water partition coefficient (Wildman–Crippen LogP) is 2.69. The number of aryl methyl sites for hydroxylation is 2. The van der Waals surface area contributed by atoms with Crippen LogP contribution in [0.3, 0.4) is 0 Å². The van der Waals surface area contributed by atoms with Gasteiger partial charge in [0.15, 0.2) is 5.96 Å². The first kappa shape index (κ1) is 20.1. The number of halogens is 2. The van der Waals surface area contributed by atoms with Crippen LogP contribution in [0.5, 0.6) is 0 Å². The molecule has 140 valence electrons. The fourth-order valence-electron chi connectivity index (χ4n) is 2.09. The van der Waals surface area contributed by atoms with Crippen LogP contribution >= 0.6 is 23.2 Å². The Bertz CT molecular complexity index is 785. The van der Waals surface area contributed by atoms with Crippen LogP contribution in [0.4, 0.5) is 0 Å². The normalized spacial score (nSPS) is 11.3. The maximum Gasteiger partial charge on any atom is 0.251 e. The molecule has 0 saturated heterocycles. The highest BCUT2D eigenvalue weighted by Gasteiger charge is 2.08. The summed E-state index contributed by atoms with van der Waals surface area (Å²) < 4.78 is 5.50. The van der Waals surface area contributed by atoms with Crippen LogP contribution < -0.4 is 16.0 Å². The van der Waals surface area contributed by atoms with Gasteiger partial charge in [-0.05, 0) is 32.0 Å². The summed E-state index contributed by atoms with van der Waals surface area (Å²) in [6.45, 7) is 5.10. The Hall–Kier alpha value is -2.25. The summed E-state index contributed by atoms with van der Waals surface area (Å²) in [5.41, 5.74) is 1.33. The zero-order chi connectivity index (χ0) is 19.1. The smallest absolute Gasteiger partial charge is 0.251 e. The lowest BCUT2D eigenvalue weighted by molar-refractivity contribution is 0.0954. The van der Waals surface area contributed by atoms with Gasteiger partial charge in [0.25, 0.3) is 5.91 Å². The quantitative estimate of drug-likeness (QED) is 0.395. The van der Waals surface area contributed by atoms with Crippen molar-refractivity contribution < 1.29 is 9.21 Å². The molecule has 0 fully saturated rings. The fourth-order valence-corrected chi connectivity index (χ4v) is 2.39. The number of amides is 1. The van der Waals surface area contributed by atoms with Crippen molar-refractivity contribution in [2.45, 2.75) is 20.4 Å². The zero-order valence-corrected chi connectivity index (χ0v) is 16.3. The van der Waals surface area contributed by atoms with Gasteiger partial charge in [-0.3, -0.25) is 9.79 Å². The Morgan fingerprint density at radius 3 is 2.50 bits per heavy atom. The number of aliphatic imine (C=N–C) groups is 1. The fraction of sp³-hybridized carbons (Fsp3) is 0.353. The second-order valence-corrected chi connectivity index (χ2v) is 6.30. The molecule has 2 rings (SSSR count). The molecule has 0 aliphatic carbocycles. The van der Waals surface area contributed by atoms with Crippen LogP contribution in [-0.2, 0) is 6.54 Å². The highest BCUT2D eigenvalue weighted by atomic mass is 35.5. The van der Waals surface area contributed by atoms with Gasteiger partial charge in [-0.1, -0.05) is 23.2 Å². The topological polar surface area (TPSA) is 91.5 Å². The number of hydrogen-bond donors (Lipinski definition) is 3. The highest BCUT2D eigenvalue weighted by molar-refractivity contribution is 6.42. The first-order valence-electron chi connectivity index (χ1n) is 8.01. The van der Waals surface area contributed by atoms with Gasteiger partial charge >= 0.3 is 0 Å². The minimum absolute atomic E-state index is 0.223. The van der Waals surface area contributed by atoms with Gasteiger partial charge in [0, 0.05) is 25.7 Å². The van der Waals surface area contributed by atoms with Crippen LogP contribution in [0.2, 0.25) is 10.0 Å². The molecule has 2 aromatic rings. The number of hydrogen-bond acceptors (Lipinski definition) is 4. The van der Waals surface area contributed by atoms with Crippen molar-refractivity contribution in [3.8, 4) is 0 Å². The van der Waals surface area contributed by atoms with Gasteiger partial charge < -0.3 is 20.4 Å². The minimum atomic E-state index is -0.223. The summed E-state index contributed by atoms with van der Waals surface area (Å²) in [6, 6.07) is 4.75. The van der Waals surface area contributed by atoms with E-state index in [4.69, 9.17) is 27.6 Å². The van der Waals surface area contributed by atoms with Crippen molar-refractivity contribution in [3.63, 3.8) is 0 Å². The van der Waals surface area contributed by atoms with E-state index in [9.17, 15) is 4.79 Å². The largest absolute Gasteiger partial charge is 0.444 e. The summed E-state index contributed by atoms with van der Waals surface area (Å²) in [5, 5.41) is 9.75. The first-order valence-corrected chi connectivity index (χ1v) is 8.77. The number of guanidine groups is 1. The zero-order valence-electron chi connectivity index (χ0n) is 14.8. The van der Waals surface area contributed by atoms with Gasteiger partial charge in [-0.2, -0.15) is 0 Å². The molecule has 1 heterocycles. The molecule has 1 amide bonds. The monoisotopic (exact) mass is 397 g/mol. The molecule has 0 saturated carbocycles. The molecule has 9 heteroatoms. The average Bonchev–Trinajstić information content (AvgIpc) is 2.94. The molecule has 0 aliphatic rings. The van der Waals surface area contributed by atoms with E-state index in [0.29, 0.717) is 47.1 Å². The van der Waals surface area contributed by atoms with Crippen molar-refractivity contribution in [1.29, 1.82) is 0 Å². The lowest BCUT2D eigenvalue weighted by atomic mass is 10.2. The molecule has 0 bridgehead atoms. The third-order valence-electron chi connectivity index (χ3n) is 3.59. The van der Waals surface area contributed by atoms with Crippen LogP contribution in [0.1, 0.15) is 27.7 Å². The van der Waals surface area contributed by atoms with E-state index in [1.54, 1.807) is 19.2 Å². The van der Waals surface area contributed by atoms with Crippen molar-refractivity contribution in [2.75, 3.05) is 20.1 Å². The molecular weight excluding hydrogens is 377 g/mol. The Morgan fingerprint density at radius 1 is 1.15 bits per heavy atom. The van der Waals surface area contributed by atoms with Crippen molar-refractivity contribution in [1.82, 2.24) is 20.9 Å². The van der Waals surface area contributed by atoms with E-state index in [1.807, 2.05) is 13.8 Å². The molecule has 0 spiro atoms. The summed E-state index contributed by atoms with van der Waals surface area (Å²) in [6.07, 6.45) is 0. The molecule has 0 unspecified atom stereocenters. The highest BCUT2D eigenvalue weighted by Crippen LogP contribution is 2.22. The lowest BCUT2D eigenvalue weighted by Crippen LogP contribution is -2.41. The number of nitrogens with zero attached hydrogens (tertiary/aromatic N) is 2. The van der Waals surface area contributed by atoms with E-state index in [-0.39, 0.29) is 5.91 Å². The summed E-state index contributed by atoms with van der Waals surface area (Å²) >= 11 is 11.8. The summed E-state index contributed by atoms with van der Waals surface area (Å²) in [4.78, 5) is 20.5. The Morgan fingerprint density at radius 2 is 1.88 bits per heavy atom.